The molecule has 1 fully saturated rings. The molecule has 14 nitrogen and oxygen atoms in total. The SMILES string of the molecule is CC(C)C[C@H]1NC(=O)c2ccccc2OCc2noc(n2)CCCCCCCCNC(=O)[C@H](Cc2cccnc2)N(C)C(=O)[C@H]2C[C@H](O)CN2C1=O. The second-order valence-corrected chi connectivity index (χ2v) is 14.1. The number of nitrogens with zero attached hydrogens (tertiary/aromatic N) is 5. The highest BCUT2D eigenvalue weighted by atomic mass is 16.5. The van der Waals surface area contributed by atoms with Gasteiger partial charge in [0.15, 0.2) is 6.61 Å². The molecule has 3 aromatic rings. The van der Waals surface area contributed by atoms with E-state index in [0.717, 1.165) is 44.1 Å². The molecule has 14 heteroatoms. The van der Waals surface area contributed by atoms with Crippen LogP contribution in [0.5, 0.6) is 5.75 Å². The van der Waals surface area contributed by atoms with Crippen LogP contribution in [0.15, 0.2) is 53.3 Å². The van der Waals surface area contributed by atoms with E-state index in [1.165, 1.54) is 9.80 Å². The van der Waals surface area contributed by atoms with Crippen molar-refractivity contribution in [3.63, 3.8) is 0 Å². The molecule has 4 atom stereocenters. The van der Waals surface area contributed by atoms with Crippen LogP contribution in [0.3, 0.4) is 0 Å². The molecule has 1 saturated heterocycles. The van der Waals surface area contributed by atoms with Gasteiger partial charge in [-0.3, -0.25) is 24.2 Å². The smallest absolute Gasteiger partial charge is 0.255 e. The Balaban J connectivity index is 1.41. The minimum absolute atomic E-state index is 0.00503. The van der Waals surface area contributed by atoms with Crippen molar-refractivity contribution in [1.29, 1.82) is 0 Å². The molecule has 2 aliphatic rings. The molecule has 3 N–H and O–H groups in total. The van der Waals surface area contributed by atoms with E-state index < -0.39 is 42.0 Å². The normalized spacial score (nSPS) is 23.4. The average molecular weight is 718 g/mol. The van der Waals surface area contributed by atoms with Crippen molar-refractivity contribution in [1.82, 2.24) is 35.6 Å². The summed E-state index contributed by atoms with van der Waals surface area (Å²) in [6.45, 7) is 4.23. The number of para-hydroxylation sites is 1. The number of nitrogens with one attached hydrogen (secondary N) is 2. The number of hydrogen-bond donors (Lipinski definition) is 3. The van der Waals surface area contributed by atoms with Gasteiger partial charge in [-0.05, 0) is 48.9 Å². The predicted octanol–water partition coefficient (Wildman–Crippen LogP) is 3.23. The van der Waals surface area contributed by atoms with E-state index in [1.807, 2.05) is 19.9 Å². The highest BCUT2D eigenvalue weighted by Gasteiger charge is 2.44. The summed E-state index contributed by atoms with van der Waals surface area (Å²) in [6.07, 6.45) is 9.17. The van der Waals surface area contributed by atoms with Crippen LogP contribution >= 0.6 is 0 Å². The summed E-state index contributed by atoms with van der Waals surface area (Å²) in [5.41, 5.74) is 0.995. The summed E-state index contributed by atoms with van der Waals surface area (Å²) < 4.78 is 11.4. The zero-order valence-corrected chi connectivity index (χ0v) is 30.3. The number of aliphatic hydroxyl groups is 1. The van der Waals surface area contributed by atoms with Crippen LogP contribution in [0.1, 0.15) is 92.9 Å². The number of pyridine rings is 1. The van der Waals surface area contributed by atoms with Gasteiger partial charge in [0.05, 0.1) is 11.7 Å². The van der Waals surface area contributed by atoms with E-state index >= 15 is 0 Å². The zero-order chi connectivity index (χ0) is 37.0. The standard InChI is InChI=1S/C38H51N7O7/c1-25(2)19-29-37(49)45-23-27(46)21-31(45)38(50)44(3)30(20-26-13-12-17-39-22-26)36(48)40-18-11-7-5-4-6-8-16-34-42-33(43-52-34)24-51-32-15-10-9-14-28(32)35(47)41-29/h9-10,12-15,17,22,25,27,29-31,46H,4-8,11,16,18-21,23-24H2,1-3H3,(H,40,48)(H,41,47)/t27-,29+,30-,31+/m0/s1. The van der Waals surface area contributed by atoms with Gasteiger partial charge in [-0.25, -0.2) is 0 Å². The quantitative estimate of drug-likeness (QED) is 0.363. The van der Waals surface area contributed by atoms with E-state index in [2.05, 4.69) is 25.8 Å². The number of aromatic nitrogens is 3. The maximum Gasteiger partial charge on any atom is 0.255 e. The predicted molar refractivity (Wildman–Crippen MR) is 191 cm³/mol. The minimum Gasteiger partial charge on any atom is -0.485 e. The van der Waals surface area contributed by atoms with E-state index in [-0.39, 0.29) is 55.6 Å². The summed E-state index contributed by atoms with van der Waals surface area (Å²) in [4.78, 5) is 67.3. The number of ether oxygens (including phenoxy) is 1. The van der Waals surface area contributed by atoms with Crippen LogP contribution in [0.2, 0.25) is 0 Å². The van der Waals surface area contributed by atoms with Crippen LogP contribution in [-0.4, -0.2) is 98.0 Å². The Morgan fingerprint density at radius 1 is 0.981 bits per heavy atom. The number of aryl methyl sites for hydroxylation is 1. The molecule has 0 radical (unpaired) electrons. The molecule has 2 aliphatic heterocycles. The number of aliphatic hydroxyl groups excluding tert-OH is 1. The summed E-state index contributed by atoms with van der Waals surface area (Å²) in [6, 6.07) is 7.42. The lowest BCUT2D eigenvalue weighted by Crippen LogP contribution is -2.57. The highest BCUT2D eigenvalue weighted by molar-refractivity contribution is 6.00. The van der Waals surface area contributed by atoms with Crippen molar-refractivity contribution in [2.75, 3.05) is 20.1 Å². The third kappa shape index (κ3) is 10.4. The Kier molecular flexibility index (Phi) is 13.7. The van der Waals surface area contributed by atoms with Crippen molar-refractivity contribution >= 4 is 23.6 Å². The fourth-order valence-electron chi connectivity index (χ4n) is 6.77. The first-order chi connectivity index (χ1) is 25.1. The monoisotopic (exact) mass is 717 g/mol. The molecular weight excluding hydrogens is 666 g/mol. The molecule has 4 heterocycles. The van der Waals surface area contributed by atoms with Gasteiger partial charge in [0.1, 0.15) is 23.9 Å². The largest absolute Gasteiger partial charge is 0.485 e. The number of amides is 4. The fraction of sp³-hybridized carbons (Fsp3) is 0.553. The number of fused-ring (bicyclic) bond motifs is 4. The van der Waals surface area contributed by atoms with Gasteiger partial charge < -0.3 is 34.8 Å². The van der Waals surface area contributed by atoms with Crippen LogP contribution in [0, 0.1) is 5.92 Å². The van der Waals surface area contributed by atoms with Gasteiger partial charge in [-0.2, -0.15) is 4.98 Å². The van der Waals surface area contributed by atoms with E-state index in [9.17, 15) is 24.3 Å². The molecule has 0 spiro atoms. The topological polar surface area (TPSA) is 180 Å². The number of rotatable bonds is 4. The van der Waals surface area contributed by atoms with E-state index in [4.69, 9.17) is 9.26 Å². The van der Waals surface area contributed by atoms with Gasteiger partial charge in [-0.15, -0.1) is 0 Å². The van der Waals surface area contributed by atoms with Gasteiger partial charge >= 0.3 is 0 Å². The van der Waals surface area contributed by atoms with E-state index in [0.29, 0.717) is 24.7 Å². The maximum atomic E-state index is 14.3. The molecule has 2 aromatic heterocycles. The van der Waals surface area contributed by atoms with Crippen molar-refractivity contribution in [2.45, 2.75) is 109 Å². The summed E-state index contributed by atoms with van der Waals surface area (Å²) >= 11 is 0. The van der Waals surface area contributed by atoms with Gasteiger partial charge in [0.2, 0.25) is 29.4 Å². The lowest BCUT2D eigenvalue weighted by atomic mass is 10.0. The third-order valence-electron chi connectivity index (χ3n) is 9.54. The number of carbonyl (C=O) groups is 4. The van der Waals surface area contributed by atoms with Crippen molar-refractivity contribution < 1.29 is 33.5 Å². The molecule has 52 heavy (non-hydrogen) atoms. The first-order valence-electron chi connectivity index (χ1n) is 18.4. The molecular formula is C38H51N7O7. The van der Waals surface area contributed by atoms with Crippen LogP contribution in [0.25, 0.3) is 0 Å². The molecule has 4 amide bonds. The van der Waals surface area contributed by atoms with Gasteiger partial charge in [-0.1, -0.05) is 62.9 Å². The third-order valence-corrected chi connectivity index (χ3v) is 9.54. The number of benzene rings is 1. The highest BCUT2D eigenvalue weighted by Crippen LogP contribution is 2.25. The van der Waals surface area contributed by atoms with Crippen LogP contribution in [-0.2, 0) is 33.8 Å². The second-order valence-electron chi connectivity index (χ2n) is 14.1. The first-order valence-corrected chi connectivity index (χ1v) is 18.4. The summed E-state index contributed by atoms with van der Waals surface area (Å²) in [7, 11) is 1.56. The Morgan fingerprint density at radius 3 is 2.52 bits per heavy atom. The van der Waals surface area contributed by atoms with Crippen molar-refractivity contribution in [3.05, 3.63) is 71.6 Å². The minimum atomic E-state index is -1.03. The molecule has 5 rings (SSSR count). The van der Waals surface area contributed by atoms with E-state index in [1.54, 1.807) is 49.8 Å². The Hall–Kier alpha value is -4.85. The molecule has 1 aromatic carbocycles. The number of likely N-dealkylation sites (N-methyl/N-ethyl adjacent to an activating group) is 1. The molecule has 280 valence electrons. The van der Waals surface area contributed by atoms with Crippen molar-refractivity contribution in [2.24, 2.45) is 5.92 Å². The Bertz CT molecular complexity index is 1650. The molecule has 0 saturated carbocycles. The Morgan fingerprint density at radius 2 is 1.75 bits per heavy atom. The second kappa shape index (κ2) is 18.6. The van der Waals surface area contributed by atoms with Gasteiger partial charge in [0, 0.05) is 51.8 Å². The summed E-state index contributed by atoms with van der Waals surface area (Å²) in [5, 5.41) is 20.7. The molecule has 0 unspecified atom stereocenters. The fourth-order valence-corrected chi connectivity index (χ4v) is 6.77. The van der Waals surface area contributed by atoms with Crippen molar-refractivity contribution in [3.8, 4) is 5.75 Å². The summed E-state index contributed by atoms with van der Waals surface area (Å²) in [5.74, 6) is -0.611. The number of carbonyl (C=O) groups excluding carboxylic acids is 4. The number of hydrogen-bond acceptors (Lipinski definition) is 10. The first kappa shape index (κ1) is 38.4. The lowest BCUT2D eigenvalue weighted by Gasteiger charge is -2.34. The lowest BCUT2D eigenvalue weighted by molar-refractivity contribution is -0.147. The zero-order valence-electron chi connectivity index (χ0n) is 30.3. The van der Waals surface area contributed by atoms with Crippen LogP contribution in [0.4, 0.5) is 0 Å². The average Bonchev–Trinajstić information content (AvgIpc) is 3.77. The Labute approximate surface area is 304 Å². The van der Waals surface area contributed by atoms with Gasteiger partial charge in [0.25, 0.3) is 5.91 Å². The maximum absolute atomic E-state index is 14.3. The molecule has 0 aliphatic carbocycles. The molecule has 2 bridgehead atoms. The van der Waals surface area contributed by atoms with Crippen LogP contribution < -0.4 is 15.4 Å².